The van der Waals surface area contributed by atoms with Crippen molar-refractivity contribution in [2.24, 2.45) is 10.7 Å². The first-order chi connectivity index (χ1) is 12.5. The SMILES string of the molecule is Cc1cc(Br)ccc1NC(=O)CCN=C(N)Nc1ccc2c(c1)CCC2.I. The molecule has 1 aliphatic rings. The van der Waals surface area contributed by atoms with Gasteiger partial charge in [0.1, 0.15) is 0 Å². The van der Waals surface area contributed by atoms with Gasteiger partial charge in [-0.05, 0) is 73.2 Å². The average molecular weight is 543 g/mol. The molecule has 0 unspecified atom stereocenters. The zero-order chi connectivity index (χ0) is 18.5. The summed E-state index contributed by atoms with van der Waals surface area (Å²) in [6.07, 6.45) is 3.78. The van der Waals surface area contributed by atoms with E-state index in [0.717, 1.165) is 34.3 Å². The van der Waals surface area contributed by atoms with Crippen molar-refractivity contribution in [3.63, 3.8) is 0 Å². The van der Waals surface area contributed by atoms with Gasteiger partial charge >= 0.3 is 0 Å². The second-order valence-electron chi connectivity index (χ2n) is 6.49. The highest BCUT2D eigenvalue weighted by atomic mass is 127. The lowest BCUT2D eigenvalue weighted by atomic mass is 10.1. The zero-order valence-electron chi connectivity index (χ0n) is 15.2. The number of fused-ring (bicyclic) bond motifs is 1. The van der Waals surface area contributed by atoms with E-state index in [9.17, 15) is 4.79 Å². The third-order valence-corrected chi connectivity index (χ3v) is 4.95. The van der Waals surface area contributed by atoms with Crippen LogP contribution in [0.2, 0.25) is 0 Å². The van der Waals surface area contributed by atoms with Gasteiger partial charge < -0.3 is 16.4 Å². The summed E-state index contributed by atoms with van der Waals surface area (Å²) in [5.41, 5.74) is 11.5. The minimum atomic E-state index is -0.0792. The molecule has 7 heteroatoms. The fraction of sp³-hybridized carbons (Fsp3) is 0.300. The van der Waals surface area contributed by atoms with Gasteiger partial charge in [-0.3, -0.25) is 9.79 Å². The number of amides is 1. The van der Waals surface area contributed by atoms with E-state index in [-0.39, 0.29) is 36.3 Å². The number of carbonyl (C=O) groups is 1. The van der Waals surface area contributed by atoms with Crippen LogP contribution in [0.1, 0.15) is 29.5 Å². The Labute approximate surface area is 185 Å². The quantitative estimate of drug-likeness (QED) is 0.293. The number of rotatable bonds is 5. The fourth-order valence-electron chi connectivity index (χ4n) is 3.09. The Bertz CT molecular complexity index is 854. The summed E-state index contributed by atoms with van der Waals surface area (Å²) in [5.74, 6) is 0.250. The summed E-state index contributed by atoms with van der Waals surface area (Å²) < 4.78 is 0.989. The number of carbonyl (C=O) groups excluding carboxylic acids is 1. The molecule has 0 fully saturated rings. The van der Waals surface area contributed by atoms with Crippen LogP contribution < -0.4 is 16.4 Å². The van der Waals surface area contributed by atoms with Crippen LogP contribution in [0.4, 0.5) is 11.4 Å². The first-order valence-electron chi connectivity index (χ1n) is 8.76. The highest BCUT2D eigenvalue weighted by molar-refractivity contribution is 14.0. The lowest BCUT2D eigenvalue weighted by Crippen LogP contribution is -2.23. The summed E-state index contributed by atoms with van der Waals surface area (Å²) in [7, 11) is 0. The van der Waals surface area contributed by atoms with Crippen molar-refractivity contribution in [1.82, 2.24) is 0 Å². The van der Waals surface area contributed by atoms with Crippen LogP contribution in [0.5, 0.6) is 0 Å². The molecule has 0 aromatic heterocycles. The number of nitrogens with one attached hydrogen (secondary N) is 2. The second kappa shape index (κ2) is 10.1. The smallest absolute Gasteiger partial charge is 0.226 e. The molecule has 0 bridgehead atoms. The number of hydrogen-bond acceptors (Lipinski definition) is 2. The highest BCUT2D eigenvalue weighted by Gasteiger charge is 2.11. The Hall–Kier alpha value is -1.61. The Balaban J connectivity index is 0.00000261. The number of nitrogens with two attached hydrogens (primary N) is 1. The number of aryl methyl sites for hydroxylation is 3. The van der Waals surface area contributed by atoms with Crippen LogP contribution in [0.25, 0.3) is 0 Å². The Kier molecular flexibility index (Phi) is 8.09. The van der Waals surface area contributed by atoms with Crippen LogP contribution in [0.3, 0.4) is 0 Å². The number of guanidine groups is 1. The van der Waals surface area contributed by atoms with Crippen LogP contribution >= 0.6 is 39.9 Å². The average Bonchev–Trinajstić information content (AvgIpc) is 3.05. The maximum absolute atomic E-state index is 12.1. The predicted molar refractivity (Wildman–Crippen MR) is 126 cm³/mol. The molecule has 5 nitrogen and oxygen atoms in total. The van der Waals surface area contributed by atoms with E-state index in [1.807, 2.05) is 31.2 Å². The fourth-order valence-corrected chi connectivity index (χ4v) is 3.57. The van der Waals surface area contributed by atoms with Crippen LogP contribution in [0, 0.1) is 6.92 Å². The monoisotopic (exact) mass is 542 g/mol. The van der Waals surface area contributed by atoms with E-state index in [1.165, 1.54) is 17.5 Å². The molecule has 144 valence electrons. The molecule has 3 rings (SSSR count). The van der Waals surface area contributed by atoms with E-state index in [1.54, 1.807) is 0 Å². The topological polar surface area (TPSA) is 79.5 Å². The second-order valence-corrected chi connectivity index (χ2v) is 7.40. The molecule has 0 radical (unpaired) electrons. The Morgan fingerprint density at radius 2 is 1.93 bits per heavy atom. The third kappa shape index (κ3) is 6.21. The van der Waals surface area contributed by atoms with Crippen molar-refractivity contribution in [2.45, 2.75) is 32.6 Å². The van der Waals surface area contributed by atoms with E-state index in [4.69, 9.17) is 5.73 Å². The van der Waals surface area contributed by atoms with E-state index in [2.05, 4.69) is 43.7 Å². The Morgan fingerprint density at radius 3 is 2.70 bits per heavy atom. The minimum Gasteiger partial charge on any atom is -0.370 e. The summed E-state index contributed by atoms with van der Waals surface area (Å²) in [6, 6.07) is 12.0. The van der Waals surface area contributed by atoms with Crippen LogP contribution in [-0.2, 0) is 17.6 Å². The minimum absolute atomic E-state index is 0. The molecule has 0 aliphatic heterocycles. The summed E-state index contributed by atoms with van der Waals surface area (Å²) in [4.78, 5) is 16.3. The maximum atomic E-state index is 12.1. The summed E-state index contributed by atoms with van der Waals surface area (Å²) in [6.45, 7) is 2.29. The molecule has 1 aliphatic carbocycles. The van der Waals surface area contributed by atoms with Gasteiger partial charge in [0.2, 0.25) is 5.91 Å². The molecule has 27 heavy (non-hydrogen) atoms. The molecule has 4 N–H and O–H groups in total. The number of nitrogens with zero attached hydrogens (tertiary/aromatic N) is 1. The summed E-state index contributed by atoms with van der Waals surface area (Å²) >= 11 is 3.41. The van der Waals surface area contributed by atoms with Gasteiger partial charge in [-0.25, -0.2) is 0 Å². The lowest BCUT2D eigenvalue weighted by molar-refractivity contribution is -0.116. The normalized spacial score (nSPS) is 12.9. The number of hydrogen-bond donors (Lipinski definition) is 3. The first kappa shape index (κ1) is 21.7. The zero-order valence-corrected chi connectivity index (χ0v) is 19.1. The van der Waals surface area contributed by atoms with Gasteiger partial charge in [0.05, 0.1) is 6.54 Å². The van der Waals surface area contributed by atoms with Gasteiger partial charge in [0.15, 0.2) is 5.96 Å². The number of aliphatic imine (C=N–C) groups is 1. The number of anilines is 2. The van der Waals surface area contributed by atoms with E-state index in [0.29, 0.717) is 12.5 Å². The molecular weight excluding hydrogens is 519 g/mol. The van der Waals surface area contributed by atoms with Crippen molar-refractivity contribution in [1.29, 1.82) is 0 Å². The van der Waals surface area contributed by atoms with Crippen LogP contribution in [0.15, 0.2) is 45.9 Å². The largest absolute Gasteiger partial charge is 0.370 e. The third-order valence-electron chi connectivity index (χ3n) is 4.45. The Morgan fingerprint density at radius 1 is 1.15 bits per heavy atom. The van der Waals surface area contributed by atoms with Crippen molar-refractivity contribution in [3.8, 4) is 0 Å². The van der Waals surface area contributed by atoms with Crippen molar-refractivity contribution >= 4 is 63.1 Å². The van der Waals surface area contributed by atoms with E-state index < -0.39 is 0 Å². The standard InChI is InChI=1S/C20H23BrN4O.HI/c1-13-11-16(21)6-8-18(13)25-19(26)9-10-23-20(22)24-17-7-5-14-3-2-4-15(14)12-17;/h5-8,11-12H,2-4,9-10H2,1H3,(H,25,26)(H3,22,23,24);1H. The van der Waals surface area contributed by atoms with Gasteiger partial charge in [-0.15, -0.1) is 24.0 Å². The molecule has 0 saturated heterocycles. The lowest BCUT2D eigenvalue weighted by Gasteiger charge is -2.09. The molecule has 0 atom stereocenters. The molecule has 2 aromatic carbocycles. The van der Waals surface area contributed by atoms with Gasteiger partial charge in [0, 0.05) is 22.3 Å². The number of halogens is 2. The van der Waals surface area contributed by atoms with Crippen molar-refractivity contribution in [3.05, 3.63) is 57.6 Å². The van der Waals surface area contributed by atoms with Gasteiger partial charge in [0.25, 0.3) is 0 Å². The van der Waals surface area contributed by atoms with Gasteiger partial charge in [-0.2, -0.15) is 0 Å². The molecule has 0 heterocycles. The number of benzene rings is 2. The van der Waals surface area contributed by atoms with Crippen molar-refractivity contribution < 1.29 is 4.79 Å². The molecule has 0 spiro atoms. The summed E-state index contributed by atoms with van der Waals surface area (Å²) in [5, 5.41) is 6.00. The maximum Gasteiger partial charge on any atom is 0.226 e. The predicted octanol–water partition coefficient (Wildman–Crippen LogP) is 4.62. The van der Waals surface area contributed by atoms with Crippen LogP contribution in [-0.4, -0.2) is 18.4 Å². The molecule has 0 saturated carbocycles. The van der Waals surface area contributed by atoms with Crippen molar-refractivity contribution in [2.75, 3.05) is 17.2 Å². The first-order valence-corrected chi connectivity index (χ1v) is 9.55. The molecular formula is C20H24BrIN4O. The highest BCUT2D eigenvalue weighted by Crippen LogP contribution is 2.24. The van der Waals surface area contributed by atoms with Gasteiger partial charge in [-0.1, -0.05) is 22.0 Å². The van der Waals surface area contributed by atoms with E-state index >= 15 is 0 Å². The molecule has 1 amide bonds. The molecule has 2 aromatic rings.